The van der Waals surface area contributed by atoms with Crippen molar-refractivity contribution in [2.45, 2.75) is 92.1 Å². The van der Waals surface area contributed by atoms with Gasteiger partial charge in [-0.05, 0) is 82.0 Å². The number of fused-ring (bicyclic) bond motifs is 1. The van der Waals surface area contributed by atoms with E-state index in [0.29, 0.717) is 16.7 Å². The molecular formula is C20H36O. The Morgan fingerprint density at radius 1 is 1.14 bits per heavy atom. The van der Waals surface area contributed by atoms with E-state index in [-0.39, 0.29) is 0 Å². The summed E-state index contributed by atoms with van der Waals surface area (Å²) in [4.78, 5) is 0. The lowest BCUT2D eigenvalue weighted by Crippen LogP contribution is -2.57. The van der Waals surface area contributed by atoms with E-state index >= 15 is 0 Å². The molecule has 4 atom stereocenters. The van der Waals surface area contributed by atoms with Crippen LogP contribution in [0.3, 0.4) is 0 Å². The van der Waals surface area contributed by atoms with Crippen LogP contribution in [0.2, 0.25) is 0 Å². The summed E-state index contributed by atoms with van der Waals surface area (Å²) in [5.74, 6) is 1.22. The first-order valence-electron chi connectivity index (χ1n) is 8.98. The zero-order valence-electron chi connectivity index (χ0n) is 15.1. The van der Waals surface area contributed by atoms with Crippen molar-refractivity contribution in [2.24, 2.45) is 22.7 Å². The molecule has 2 saturated carbocycles. The molecule has 1 N–H and O–H groups in total. The molecule has 2 fully saturated rings. The molecule has 0 heterocycles. The molecule has 122 valence electrons. The molecule has 0 radical (unpaired) electrons. The first-order valence-corrected chi connectivity index (χ1v) is 8.98. The van der Waals surface area contributed by atoms with Crippen molar-refractivity contribution >= 4 is 0 Å². The van der Waals surface area contributed by atoms with Crippen LogP contribution in [0.5, 0.6) is 0 Å². The van der Waals surface area contributed by atoms with Crippen molar-refractivity contribution in [3.8, 4) is 0 Å². The van der Waals surface area contributed by atoms with E-state index in [1.54, 1.807) is 0 Å². The van der Waals surface area contributed by atoms with Crippen molar-refractivity contribution in [1.82, 2.24) is 0 Å². The SMILES string of the molecule is C/C=C(\C)CC[C@@H]1[C@@]2(C)CCCC(C)(C)[C@@H]2CC[C@@]1(C)O. The van der Waals surface area contributed by atoms with Gasteiger partial charge in [0, 0.05) is 0 Å². The van der Waals surface area contributed by atoms with Crippen molar-refractivity contribution < 1.29 is 5.11 Å². The highest BCUT2D eigenvalue weighted by Gasteiger charge is 2.57. The standard InChI is InChI=1S/C20H36O/c1-7-15(2)9-10-17-19(5)13-8-12-18(3,4)16(19)11-14-20(17,6)21/h7,16-17,21H,8-14H2,1-6H3/b15-7+/t16-,17+,19-,20+/m0/s1. The van der Waals surface area contributed by atoms with Crippen LogP contribution >= 0.6 is 0 Å². The smallest absolute Gasteiger partial charge is 0.0653 e. The largest absolute Gasteiger partial charge is 0.390 e. The highest BCUT2D eigenvalue weighted by molar-refractivity contribution is 5.08. The van der Waals surface area contributed by atoms with E-state index in [9.17, 15) is 5.11 Å². The number of hydrogen-bond donors (Lipinski definition) is 1. The van der Waals surface area contributed by atoms with E-state index in [2.05, 4.69) is 47.6 Å². The van der Waals surface area contributed by atoms with Gasteiger partial charge in [0.15, 0.2) is 0 Å². The molecule has 0 aromatic carbocycles. The molecule has 0 aromatic heterocycles. The molecule has 1 heteroatoms. The summed E-state index contributed by atoms with van der Waals surface area (Å²) < 4.78 is 0. The normalized spacial score (nSPS) is 43.5. The summed E-state index contributed by atoms with van der Waals surface area (Å²) in [7, 11) is 0. The van der Waals surface area contributed by atoms with Crippen LogP contribution in [-0.4, -0.2) is 10.7 Å². The Hall–Kier alpha value is -0.300. The molecule has 2 aliphatic rings. The zero-order chi connectivity index (χ0) is 15.9. The third kappa shape index (κ3) is 3.09. The Labute approximate surface area is 132 Å². The first kappa shape index (κ1) is 17.1. The van der Waals surface area contributed by atoms with Crippen molar-refractivity contribution in [3.63, 3.8) is 0 Å². The van der Waals surface area contributed by atoms with Gasteiger partial charge in [-0.25, -0.2) is 0 Å². The maximum Gasteiger partial charge on any atom is 0.0653 e. The molecule has 1 nitrogen and oxygen atoms in total. The fourth-order valence-corrected chi connectivity index (χ4v) is 5.78. The average Bonchev–Trinajstić information content (AvgIpc) is 2.35. The van der Waals surface area contributed by atoms with E-state index < -0.39 is 5.60 Å². The van der Waals surface area contributed by atoms with Gasteiger partial charge in [0.05, 0.1) is 5.60 Å². The number of aliphatic hydroxyl groups is 1. The lowest BCUT2D eigenvalue weighted by molar-refractivity contribution is -0.168. The van der Waals surface area contributed by atoms with Crippen LogP contribution in [-0.2, 0) is 0 Å². The molecule has 0 aromatic rings. The summed E-state index contributed by atoms with van der Waals surface area (Å²) in [6, 6.07) is 0. The Kier molecular flexibility index (Phi) is 4.65. The van der Waals surface area contributed by atoms with E-state index in [4.69, 9.17) is 0 Å². The van der Waals surface area contributed by atoms with E-state index in [0.717, 1.165) is 25.2 Å². The van der Waals surface area contributed by atoms with Crippen molar-refractivity contribution in [1.29, 1.82) is 0 Å². The minimum absolute atomic E-state index is 0.317. The molecule has 0 unspecified atom stereocenters. The van der Waals surface area contributed by atoms with Gasteiger partial charge in [0.25, 0.3) is 0 Å². The van der Waals surface area contributed by atoms with Crippen LogP contribution in [0.4, 0.5) is 0 Å². The van der Waals surface area contributed by atoms with Gasteiger partial charge in [-0.1, -0.05) is 38.8 Å². The molecule has 0 aliphatic heterocycles. The Balaban J connectivity index is 2.28. The maximum atomic E-state index is 11.1. The first-order chi connectivity index (χ1) is 9.63. The van der Waals surface area contributed by atoms with Crippen molar-refractivity contribution in [3.05, 3.63) is 11.6 Å². The molecule has 2 rings (SSSR count). The minimum atomic E-state index is -0.479. The predicted molar refractivity (Wildman–Crippen MR) is 91.2 cm³/mol. The maximum absolute atomic E-state index is 11.1. The second kappa shape index (κ2) is 5.72. The second-order valence-corrected chi connectivity index (χ2v) is 9.02. The zero-order valence-corrected chi connectivity index (χ0v) is 15.1. The fraction of sp³-hybridized carbons (Fsp3) is 0.900. The lowest BCUT2D eigenvalue weighted by Gasteiger charge is -2.61. The summed E-state index contributed by atoms with van der Waals surface area (Å²) in [5, 5.41) is 11.1. The van der Waals surface area contributed by atoms with Gasteiger partial charge in [-0.3, -0.25) is 0 Å². The molecule has 0 amide bonds. The Morgan fingerprint density at radius 3 is 2.43 bits per heavy atom. The summed E-state index contributed by atoms with van der Waals surface area (Å²) in [5.41, 5.74) is 1.74. The highest BCUT2D eigenvalue weighted by Crippen LogP contribution is 2.62. The number of hydrogen-bond acceptors (Lipinski definition) is 1. The Bertz CT molecular complexity index is 404. The molecule has 2 aliphatic carbocycles. The summed E-state index contributed by atoms with van der Waals surface area (Å²) in [6.45, 7) is 13.9. The summed E-state index contributed by atoms with van der Waals surface area (Å²) in [6.07, 6.45) is 10.7. The van der Waals surface area contributed by atoms with Crippen LogP contribution in [0.15, 0.2) is 11.6 Å². The van der Waals surface area contributed by atoms with Crippen LogP contribution in [0.25, 0.3) is 0 Å². The highest BCUT2D eigenvalue weighted by atomic mass is 16.3. The van der Waals surface area contributed by atoms with Crippen LogP contribution < -0.4 is 0 Å². The molecular weight excluding hydrogens is 256 g/mol. The molecule has 0 saturated heterocycles. The van der Waals surface area contributed by atoms with Gasteiger partial charge in [0.1, 0.15) is 0 Å². The van der Waals surface area contributed by atoms with Gasteiger partial charge < -0.3 is 5.11 Å². The van der Waals surface area contributed by atoms with E-state index in [1.165, 1.54) is 31.3 Å². The molecule has 0 spiro atoms. The quantitative estimate of drug-likeness (QED) is 0.659. The van der Waals surface area contributed by atoms with Gasteiger partial charge in [0.2, 0.25) is 0 Å². The second-order valence-electron chi connectivity index (χ2n) is 9.02. The average molecular weight is 293 g/mol. The topological polar surface area (TPSA) is 20.2 Å². The fourth-order valence-electron chi connectivity index (χ4n) is 5.78. The van der Waals surface area contributed by atoms with Gasteiger partial charge >= 0.3 is 0 Å². The number of rotatable bonds is 3. The Morgan fingerprint density at radius 2 is 1.81 bits per heavy atom. The monoisotopic (exact) mass is 292 g/mol. The predicted octanol–water partition coefficient (Wildman–Crippen LogP) is 5.73. The minimum Gasteiger partial charge on any atom is -0.390 e. The van der Waals surface area contributed by atoms with Gasteiger partial charge in [-0.15, -0.1) is 0 Å². The lowest BCUT2D eigenvalue weighted by atomic mass is 9.45. The molecule has 21 heavy (non-hydrogen) atoms. The van der Waals surface area contributed by atoms with Gasteiger partial charge in [-0.2, -0.15) is 0 Å². The summed E-state index contributed by atoms with van der Waals surface area (Å²) >= 11 is 0. The van der Waals surface area contributed by atoms with Crippen LogP contribution in [0.1, 0.15) is 86.5 Å². The van der Waals surface area contributed by atoms with Crippen molar-refractivity contribution in [2.75, 3.05) is 0 Å². The number of allylic oxidation sites excluding steroid dienone is 2. The third-order valence-electron chi connectivity index (χ3n) is 7.08. The molecule has 0 bridgehead atoms. The van der Waals surface area contributed by atoms with Crippen LogP contribution in [0, 0.1) is 22.7 Å². The third-order valence-corrected chi connectivity index (χ3v) is 7.08. The van der Waals surface area contributed by atoms with E-state index in [1.807, 2.05) is 0 Å².